The Balaban J connectivity index is 1.84. The fraction of sp³-hybridized carbons (Fsp3) is 0.214. The molecule has 1 aliphatic rings. The molecule has 0 spiro atoms. The lowest BCUT2D eigenvalue weighted by atomic mass is 10.2. The molecular weight excluding hydrogens is 282 g/mol. The van der Waals surface area contributed by atoms with Gasteiger partial charge in [-0.25, -0.2) is 5.06 Å². The van der Waals surface area contributed by atoms with Gasteiger partial charge in [-0.1, -0.05) is 23.7 Å². The summed E-state index contributed by atoms with van der Waals surface area (Å²) in [6.45, 7) is 0.255. The molecule has 1 aliphatic heterocycles. The number of β-amino-alcohol motifs (C(OH)–C–C–N with tert-alkyl or cyclic N) is 1. The van der Waals surface area contributed by atoms with Gasteiger partial charge >= 0.3 is 5.91 Å². The number of carbonyl (C=O) groups is 1. The SMILES string of the molecule is O=C(c1ccc(-c2ccccc2Cl)o1)N1C[C@@H](O)CO1. The minimum Gasteiger partial charge on any atom is -0.451 e. The van der Waals surface area contributed by atoms with Crippen LogP contribution in [-0.2, 0) is 4.84 Å². The molecule has 5 nitrogen and oxygen atoms in total. The van der Waals surface area contributed by atoms with Gasteiger partial charge in [0.15, 0.2) is 5.76 Å². The van der Waals surface area contributed by atoms with Crippen LogP contribution in [-0.4, -0.2) is 35.3 Å². The van der Waals surface area contributed by atoms with E-state index >= 15 is 0 Å². The van der Waals surface area contributed by atoms with Gasteiger partial charge < -0.3 is 9.52 Å². The molecule has 0 bridgehead atoms. The molecule has 2 aromatic rings. The number of hydroxylamine groups is 2. The summed E-state index contributed by atoms with van der Waals surface area (Å²) in [6.07, 6.45) is -0.656. The first-order valence-corrected chi connectivity index (χ1v) is 6.50. The third kappa shape index (κ3) is 2.43. The molecule has 1 aromatic heterocycles. The maximum Gasteiger partial charge on any atom is 0.313 e. The van der Waals surface area contributed by atoms with Crippen LogP contribution in [0.5, 0.6) is 0 Å². The molecule has 6 heteroatoms. The largest absolute Gasteiger partial charge is 0.451 e. The summed E-state index contributed by atoms with van der Waals surface area (Å²) in [6, 6.07) is 10.5. The van der Waals surface area contributed by atoms with E-state index in [0.29, 0.717) is 10.8 Å². The van der Waals surface area contributed by atoms with Gasteiger partial charge in [0.2, 0.25) is 0 Å². The number of aliphatic hydroxyl groups excluding tert-OH is 1. The number of carbonyl (C=O) groups excluding carboxylic acids is 1. The van der Waals surface area contributed by atoms with Crippen molar-refractivity contribution in [1.82, 2.24) is 5.06 Å². The van der Waals surface area contributed by atoms with Gasteiger partial charge in [0, 0.05) is 5.56 Å². The Morgan fingerprint density at radius 1 is 1.30 bits per heavy atom. The molecular formula is C14H12ClNO4. The highest BCUT2D eigenvalue weighted by molar-refractivity contribution is 6.33. The molecule has 0 radical (unpaired) electrons. The van der Waals surface area contributed by atoms with Crippen molar-refractivity contribution in [2.75, 3.05) is 13.2 Å². The lowest BCUT2D eigenvalue weighted by molar-refractivity contribution is -0.0795. The van der Waals surface area contributed by atoms with Crippen molar-refractivity contribution in [1.29, 1.82) is 0 Å². The summed E-state index contributed by atoms with van der Waals surface area (Å²) in [5, 5.41) is 11.0. The number of amides is 1. The number of furan rings is 1. The highest BCUT2D eigenvalue weighted by Crippen LogP contribution is 2.29. The van der Waals surface area contributed by atoms with Crippen molar-refractivity contribution in [3.63, 3.8) is 0 Å². The van der Waals surface area contributed by atoms with Crippen LogP contribution in [0.4, 0.5) is 0 Å². The molecule has 1 atom stereocenters. The van der Waals surface area contributed by atoms with E-state index in [9.17, 15) is 9.90 Å². The molecule has 20 heavy (non-hydrogen) atoms. The van der Waals surface area contributed by atoms with Gasteiger partial charge in [0.05, 0.1) is 11.6 Å². The fourth-order valence-electron chi connectivity index (χ4n) is 2.00. The van der Waals surface area contributed by atoms with Crippen LogP contribution in [0.3, 0.4) is 0 Å². The molecule has 1 N–H and O–H groups in total. The number of aliphatic hydroxyl groups is 1. The number of nitrogens with zero attached hydrogens (tertiary/aromatic N) is 1. The Labute approximate surface area is 120 Å². The summed E-state index contributed by atoms with van der Waals surface area (Å²) < 4.78 is 5.52. The number of hydrogen-bond acceptors (Lipinski definition) is 4. The number of benzene rings is 1. The predicted octanol–water partition coefficient (Wildman–Crippen LogP) is 2.35. The van der Waals surface area contributed by atoms with Crippen LogP contribution >= 0.6 is 11.6 Å². The Bertz CT molecular complexity index is 640. The minimum absolute atomic E-state index is 0.115. The number of hydrogen-bond donors (Lipinski definition) is 1. The normalized spacial score (nSPS) is 18.5. The second-order valence-corrected chi connectivity index (χ2v) is 4.87. The van der Waals surface area contributed by atoms with E-state index in [2.05, 4.69) is 0 Å². The Kier molecular flexibility index (Phi) is 3.48. The first-order chi connectivity index (χ1) is 9.65. The highest BCUT2D eigenvalue weighted by atomic mass is 35.5. The van der Waals surface area contributed by atoms with E-state index in [0.717, 1.165) is 10.6 Å². The maximum atomic E-state index is 12.1. The molecule has 0 unspecified atom stereocenters. The Morgan fingerprint density at radius 2 is 2.10 bits per heavy atom. The van der Waals surface area contributed by atoms with Gasteiger partial charge in [-0.05, 0) is 24.3 Å². The van der Waals surface area contributed by atoms with E-state index in [1.807, 2.05) is 18.2 Å². The van der Waals surface area contributed by atoms with Gasteiger partial charge in [0.25, 0.3) is 0 Å². The molecule has 1 saturated heterocycles. The summed E-state index contributed by atoms with van der Waals surface area (Å²) in [5.41, 5.74) is 0.718. The van der Waals surface area contributed by atoms with Crippen molar-refractivity contribution in [2.45, 2.75) is 6.10 Å². The molecule has 0 saturated carbocycles. The number of rotatable bonds is 2. The quantitative estimate of drug-likeness (QED) is 0.923. The lowest BCUT2D eigenvalue weighted by Crippen LogP contribution is -2.28. The topological polar surface area (TPSA) is 62.9 Å². The van der Waals surface area contributed by atoms with Gasteiger partial charge in [-0.3, -0.25) is 9.63 Å². The molecule has 3 rings (SSSR count). The van der Waals surface area contributed by atoms with Crippen LogP contribution < -0.4 is 0 Å². The Morgan fingerprint density at radius 3 is 2.80 bits per heavy atom. The molecule has 104 valence electrons. The first kappa shape index (κ1) is 13.2. The summed E-state index contributed by atoms with van der Waals surface area (Å²) in [4.78, 5) is 17.2. The van der Waals surface area contributed by atoms with Crippen molar-refractivity contribution >= 4 is 17.5 Å². The predicted molar refractivity (Wildman–Crippen MR) is 72.1 cm³/mol. The average molecular weight is 294 g/mol. The van der Waals surface area contributed by atoms with Crippen LogP contribution in [0.2, 0.25) is 5.02 Å². The molecule has 1 amide bonds. The van der Waals surface area contributed by atoms with Crippen molar-refractivity contribution in [3.05, 3.63) is 47.2 Å². The third-order valence-corrected chi connectivity index (χ3v) is 3.31. The van der Waals surface area contributed by atoms with Gasteiger partial charge in [-0.15, -0.1) is 0 Å². The van der Waals surface area contributed by atoms with E-state index in [4.69, 9.17) is 20.9 Å². The van der Waals surface area contributed by atoms with Gasteiger partial charge in [-0.2, -0.15) is 0 Å². The average Bonchev–Trinajstić information content (AvgIpc) is 3.07. The third-order valence-electron chi connectivity index (χ3n) is 2.98. The summed E-state index contributed by atoms with van der Waals surface area (Å²) in [7, 11) is 0. The zero-order valence-corrected chi connectivity index (χ0v) is 11.2. The fourth-order valence-corrected chi connectivity index (χ4v) is 2.22. The van der Waals surface area contributed by atoms with Crippen LogP contribution in [0, 0.1) is 0 Å². The molecule has 0 aliphatic carbocycles. The highest BCUT2D eigenvalue weighted by Gasteiger charge is 2.29. The zero-order chi connectivity index (χ0) is 14.1. The van der Waals surface area contributed by atoms with Crippen LogP contribution in [0.25, 0.3) is 11.3 Å². The Hall–Kier alpha value is -1.82. The first-order valence-electron chi connectivity index (χ1n) is 6.13. The standard InChI is InChI=1S/C14H12ClNO4/c15-11-4-2-1-3-10(11)12-5-6-13(20-12)14(18)16-7-9(17)8-19-16/h1-6,9,17H,7-8H2/t9-/m1/s1. The van der Waals surface area contributed by atoms with Crippen LogP contribution in [0.1, 0.15) is 10.6 Å². The summed E-state index contributed by atoms with van der Waals surface area (Å²) in [5.74, 6) is 0.243. The second-order valence-electron chi connectivity index (χ2n) is 4.46. The van der Waals surface area contributed by atoms with E-state index < -0.39 is 12.0 Å². The van der Waals surface area contributed by atoms with E-state index in [-0.39, 0.29) is 18.9 Å². The second kappa shape index (κ2) is 5.28. The van der Waals surface area contributed by atoms with Crippen LogP contribution in [0.15, 0.2) is 40.8 Å². The monoisotopic (exact) mass is 293 g/mol. The van der Waals surface area contributed by atoms with Crippen molar-refractivity contribution < 1.29 is 19.2 Å². The molecule has 2 heterocycles. The maximum absolute atomic E-state index is 12.1. The summed E-state index contributed by atoms with van der Waals surface area (Å²) >= 11 is 6.08. The van der Waals surface area contributed by atoms with Crippen molar-refractivity contribution in [3.8, 4) is 11.3 Å². The molecule has 1 aromatic carbocycles. The van der Waals surface area contributed by atoms with E-state index in [1.54, 1.807) is 18.2 Å². The van der Waals surface area contributed by atoms with E-state index in [1.165, 1.54) is 0 Å². The minimum atomic E-state index is -0.656. The van der Waals surface area contributed by atoms with Gasteiger partial charge in [0.1, 0.15) is 18.5 Å². The number of halogens is 1. The lowest BCUT2D eigenvalue weighted by Gasteiger charge is -2.11. The zero-order valence-electron chi connectivity index (χ0n) is 10.5. The molecule has 1 fully saturated rings. The smallest absolute Gasteiger partial charge is 0.313 e. The van der Waals surface area contributed by atoms with Crippen molar-refractivity contribution in [2.24, 2.45) is 0 Å².